The molecule has 0 N–H and O–H groups in total. The molecule has 2 rings (SSSR count). The van der Waals surface area contributed by atoms with Crippen molar-refractivity contribution in [3.8, 4) is 0 Å². The standard InChI is InChI=1S/C13H15BrN2O3/c1-2-19-13(18)10-3-4-15-7-11(10)16-8-9(6-14)5-12(16)17/h3-4,7,9H,2,5-6,8H2,1H3. The van der Waals surface area contributed by atoms with E-state index in [0.29, 0.717) is 30.8 Å². The number of pyridine rings is 1. The molecular formula is C13H15BrN2O3. The molecule has 1 atom stereocenters. The van der Waals surface area contributed by atoms with Crippen LogP contribution >= 0.6 is 15.9 Å². The van der Waals surface area contributed by atoms with Crippen molar-refractivity contribution >= 4 is 33.5 Å². The summed E-state index contributed by atoms with van der Waals surface area (Å²) in [5.41, 5.74) is 0.926. The van der Waals surface area contributed by atoms with Crippen molar-refractivity contribution < 1.29 is 14.3 Å². The highest BCUT2D eigenvalue weighted by molar-refractivity contribution is 9.09. The highest BCUT2D eigenvalue weighted by Crippen LogP contribution is 2.28. The lowest BCUT2D eigenvalue weighted by Crippen LogP contribution is -2.27. The molecule has 0 spiro atoms. The van der Waals surface area contributed by atoms with E-state index < -0.39 is 5.97 Å². The zero-order valence-electron chi connectivity index (χ0n) is 10.6. The number of ether oxygens (including phenoxy) is 1. The number of aromatic nitrogens is 1. The van der Waals surface area contributed by atoms with Crippen LogP contribution < -0.4 is 4.90 Å². The average molecular weight is 327 g/mol. The summed E-state index contributed by atoms with van der Waals surface area (Å²) in [5.74, 6) is -0.138. The predicted octanol–water partition coefficient (Wildman–Crippen LogP) is 2.01. The molecule has 0 radical (unpaired) electrons. The molecule has 6 heteroatoms. The van der Waals surface area contributed by atoms with Gasteiger partial charge < -0.3 is 9.64 Å². The molecule has 5 nitrogen and oxygen atoms in total. The van der Waals surface area contributed by atoms with Crippen LogP contribution in [0.1, 0.15) is 23.7 Å². The predicted molar refractivity (Wildman–Crippen MR) is 74.4 cm³/mol. The summed E-state index contributed by atoms with van der Waals surface area (Å²) in [6.45, 7) is 2.65. The Labute approximate surface area is 120 Å². The van der Waals surface area contributed by atoms with Crippen molar-refractivity contribution in [2.24, 2.45) is 5.92 Å². The molecule has 19 heavy (non-hydrogen) atoms. The maximum Gasteiger partial charge on any atom is 0.340 e. The Morgan fingerprint density at radius 3 is 3.05 bits per heavy atom. The van der Waals surface area contributed by atoms with Crippen LogP contribution in [0.2, 0.25) is 0 Å². The molecule has 0 aromatic carbocycles. The Kier molecular flexibility index (Phi) is 4.52. The van der Waals surface area contributed by atoms with Crippen LogP contribution in [0, 0.1) is 5.92 Å². The quantitative estimate of drug-likeness (QED) is 0.627. The molecule has 0 aliphatic carbocycles. The third-order valence-electron chi connectivity index (χ3n) is 3.01. The third-order valence-corrected chi connectivity index (χ3v) is 3.93. The van der Waals surface area contributed by atoms with Gasteiger partial charge in [0, 0.05) is 24.5 Å². The van der Waals surface area contributed by atoms with Crippen molar-refractivity contribution in [1.82, 2.24) is 4.98 Å². The number of halogens is 1. The van der Waals surface area contributed by atoms with E-state index in [2.05, 4.69) is 20.9 Å². The lowest BCUT2D eigenvalue weighted by atomic mass is 10.1. The monoisotopic (exact) mass is 326 g/mol. The summed E-state index contributed by atoms with van der Waals surface area (Å²) < 4.78 is 5.00. The summed E-state index contributed by atoms with van der Waals surface area (Å²) >= 11 is 3.39. The van der Waals surface area contributed by atoms with Gasteiger partial charge >= 0.3 is 5.97 Å². The van der Waals surface area contributed by atoms with Crippen molar-refractivity contribution in [2.45, 2.75) is 13.3 Å². The highest BCUT2D eigenvalue weighted by Gasteiger charge is 2.32. The first kappa shape index (κ1) is 14.0. The van der Waals surface area contributed by atoms with E-state index >= 15 is 0 Å². The molecule has 1 aromatic heterocycles. The fourth-order valence-electron chi connectivity index (χ4n) is 2.10. The van der Waals surface area contributed by atoms with Crippen LogP contribution in [0.5, 0.6) is 0 Å². The van der Waals surface area contributed by atoms with Crippen LogP contribution in [-0.4, -0.2) is 35.3 Å². The van der Waals surface area contributed by atoms with Crippen molar-refractivity contribution in [2.75, 3.05) is 23.4 Å². The van der Waals surface area contributed by atoms with Gasteiger partial charge in [-0.2, -0.15) is 0 Å². The Bertz CT molecular complexity index is 493. The van der Waals surface area contributed by atoms with Gasteiger partial charge in [-0.05, 0) is 18.9 Å². The molecule has 1 aliphatic rings. The SMILES string of the molecule is CCOC(=O)c1ccncc1N1CC(CBr)CC1=O. The Balaban J connectivity index is 2.30. The minimum atomic E-state index is -0.421. The normalized spacial score (nSPS) is 18.7. The van der Waals surface area contributed by atoms with Crippen molar-refractivity contribution in [3.63, 3.8) is 0 Å². The number of hydrogen-bond acceptors (Lipinski definition) is 4. The number of rotatable bonds is 4. The first-order chi connectivity index (χ1) is 9.17. The number of carbonyl (C=O) groups excluding carboxylic acids is 2. The number of anilines is 1. The summed E-state index contributed by atoms with van der Waals surface area (Å²) in [6, 6.07) is 1.59. The summed E-state index contributed by atoms with van der Waals surface area (Å²) in [7, 11) is 0. The van der Waals surface area contributed by atoms with Gasteiger partial charge in [0.25, 0.3) is 0 Å². The topological polar surface area (TPSA) is 59.5 Å². The summed E-state index contributed by atoms with van der Waals surface area (Å²) in [5, 5.41) is 0.768. The zero-order valence-corrected chi connectivity index (χ0v) is 12.2. The number of amides is 1. The van der Waals surface area contributed by atoms with Gasteiger partial charge in [-0.3, -0.25) is 9.78 Å². The van der Waals surface area contributed by atoms with Gasteiger partial charge in [0.1, 0.15) is 0 Å². The largest absolute Gasteiger partial charge is 0.462 e. The molecule has 2 heterocycles. The summed E-state index contributed by atoms with van der Waals surface area (Å²) in [4.78, 5) is 29.5. The summed E-state index contributed by atoms with van der Waals surface area (Å²) in [6.07, 6.45) is 3.56. The molecule has 0 bridgehead atoms. The minimum absolute atomic E-state index is 0.0167. The van der Waals surface area contributed by atoms with Crippen molar-refractivity contribution in [1.29, 1.82) is 0 Å². The van der Waals surface area contributed by atoms with Gasteiger partial charge in [0.15, 0.2) is 0 Å². The number of esters is 1. The maximum absolute atomic E-state index is 12.0. The molecule has 0 saturated carbocycles. The number of nitrogens with zero attached hydrogens (tertiary/aromatic N) is 2. The minimum Gasteiger partial charge on any atom is -0.462 e. The van der Waals surface area contributed by atoms with Crippen LogP contribution in [-0.2, 0) is 9.53 Å². The van der Waals surface area contributed by atoms with Crippen molar-refractivity contribution in [3.05, 3.63) is 24.0 Å². The molecule has 1 unspecified atom stereocenters. The van der Waals surface area contributed by atoms with E-state index in [-0.39, 0.29) is 11.8 Å². The fourth-order valence-corrected chi connectivity index (χ4v) is 2.53. The molecule has 102 valence electrons. The number of hydrogen-bond donors (Lipinski definition) is 0. The van der Waals surface area contributed by atoms with E-state index in [4.69, 9.17) is 4.74 Å². The van der Waals surface area contributed by atoms with E-state index in [9.17, 15) is 9.59 Å². The lowest BCUT2D eigenvalue weighted by molar-refractivity contribution is -0.117. The van der Waals surface area contributed by atoms with Gasteiger partial charge in [-0.1, -0.05) is 15.9 Å². The van der Waals surface area contributed by atoms with Crippen LogP contribution in [0.15, 0.2) is 18.5 Å². The van der Waals surface area contributed by atoms with E-state index in [1.54, 1.807) is 24.1 Å². The van der Waals surface area contributed by atoms with Crippen LogP contribution in [0.25, 0.3) is 0 Å². The first-order valence-electron chi connectivity index (χ1n) is 6.14. The molecule has 1 amide bonds. The molecular weight excluding hydrogens is 312 g/mol. The van der Waals surface area contributed by atoms with E-state index in [1.807, 2.05) is 0 Å². The van der Waals surface area contributed by atoms with E-state index in [0.717, 1.165) is 5.33 Å². The molecule has 1 aromatic rings. The second-order valence-corrected chi connectivity index (χ2v) is 4.99. The molecule has 1 fully saturated rings. The van der Waals surface area contributed by atoms with Gasteiger partial charge in [0.2, 0.25) is 5.91 Å². The highest BCUT2D eigenvalue weighted by atomic mass is 79.9. The third kappa shape index (κ3) is 2.94. The van der Waals surface area contributed by atoms with Gasteiger partial charge in [-0.15, -0.1) is 0 Å². The number of alkyl halides is 1. The second-order valence-electron chi connectivity index (χ2n) is 4.34. The van der Waals surface area contributed by atoms with Crippen LogP contribution in [0.3, 0.4) is 0 Å². The fraction of sp³-hybridized carbons (Fsp3) is 0.462. The van der Waals surface area contributed by atoms with Crippen LogP contribution in [0.4, 0.5) is 5.69 Å². The maximum atomic E-state index is 12.0. The zero-order chi connectivity index (χ0) is 13.8. The molecule has 1 aliphatic heterocycles. The average Bonchev–Trinajstić information content (AvgIpc) is 2.80. The smallest absolute Gasteiger partial charge is 0.340 e. The van der Waals surface area contributed by atoms with E-state index in [1.165, 1.54) is 6.20 Å². The lowest BCUT2D eigenvalue weighted by Gasteiger charge is -2.18. The second kappa shape index (κ2) is 6.14. The molecule has 1 saturated heterocycles. The first-order valence-corrected chi connectivity index (χ1v) is 7.27. The number of carbonyl (C=O) groups is 2. The van der Waals surface area contributed by atoms with Gasteiger partial charge in [-0.25, -0.2) is 4.79 Å². The van der Waals surface area contributed by atoms with Gasteiger partial charge in [0.05, 0.1) is 24.1 Å². The Morgan fingerprint density at radius 2 is 2.42 bits per heavy atom. The Hall–Kier alpha value is -1.43. The Morgan fingerprint density at radius 1 is 1.63 bits per heavy atom.